The number of nitrogens with zero attached hydrogens (tertiary/aromatic N) is 3. The van der Waals surface area contributed by atoms with E-state index in [0.29, 0.717) is 12.3 Å². The van der Waals surface area contributed by atoms with Crippen LogP contribution in [-0.4, -0.2) is 75.4 Å². The first-order valence-electron chi connectivity index (χ1n) is 11.6. The molecule has 1 aromatic heterocycles. The summed E-state index contributed by atoms with van der Waals surface area (Å²) in [6, 6.07) is 1.97. The Morgan fingerprint density at radius 3 is 2.55 bits per heavy atom. The minimum atomic E-state index is -3.20. The molecule has 0 atom stereocenters. The van der Waals surface area contributed by atoms with Crippen molar-refractivity contribution in [3.05, 3.63) is 17.8 Å². The van der Waals surface area contributed by atoms with Gasteiger partial charge in [-0.15, -0.1) is 0 Å². The van der Waals surface area contributed by atoms with Gasteiger partial charge in [0.15, 0.2) is 9.84 Å². The number of hydrogen-bond donors (Lipinski definition) is 0. The van der Waals surface area contributed by atoms with Crippen LogP contribution in [0, 0.1) is 11.8 Å². The molecule has 1 aromatic rings. The molecule has 0 aromatic carbocycles. The van der Waals surface area contributed by atoms with Crippen LogP contribution in [0.5, 0.6) is 5.75 Å². The lowest BCUT2D eigenvalue weighted by Crippen LogP contribution is -2.47. The average molecular weight is 450 g/mol. The van der Waals surface area contributed by atoms with Gasteiger partial charge in [0, 0.05) is 57.0 Å². The number of ether oxygens (including phenoxy) is 1. The van der Waals surface area contributed by atoms with Crippen molar-refractivity contribution in [3.8, 4) is 5.75 Å². The number of fused-ring (bicyclic) bond motifs is 1. The molecule has 2 aliphatic heterocycles. The predicted octanol–water partition coefficient (Wildman–Crippen LogP) is 2.34. The van der Waals surface area contributed by atoms with Crippen molar-refractivity contribution < 1.29 is 17.9 Å². The Hall–Kier alpha value is -1.67. The van der Waals surface area contributed by atoms with E-state index in [0.717, 1.165) is 95.2 Å². The number of carbonyl (C=O) groups excluding carboxylic acids is 1. The third-order valence-electron chi connectivity index (χ3n) is 7.03. The van der Waals surface area contributed by atoms with Crippen LogP contribution in [0.4, 0.5) is 5.82 Å². The lowest BCUT2D eigenvalue weighted by molar-refractivity contribution is -0.117. The molecule has 0 bridgehead atoms. The summed E-state index contributed by atoms with van der Waals surface area (Å²) in [6.07, 6.45) is 10.0. The molecular formula is C23H35N3O4S. The number of sulfone groups is 1. The van der Waals surface area contributed by atoms with E-state index in [1.165, 1.54) is 12.0 Å². The van der Waals surface area contributed by atoms with Crippen LogP contribution in [-0.2, 0) is 21.1 Å². The highest BCUT2D eigenvalue weighted by molar-refractivity contribution is 7.91. The summed E-state index contributed by atoms with van der Waals surface area (Å²) in [5.74, 6) is 2.80. The van der Waals surface area contributed by atoms with Gasteiger partial charge in [-0.25, -0.2) is 13.4 Å². The summed E-state index contributed by atoms with van der Waals surface area (Å²) in [4.78, 5) is 21.5. The van der Waals surface area contributed by atoms with Gasteiger partial charge in [-0.1, -0.05) is 12.8 Å². The highest BCUT2D eigenvalue weighted by atomic mass is 32.2. The van der Waals surface area contributed by atoms with Crippen LogP contribution in [0.3, 0.4) is 0 Å². The summed E-state index contributed by atoms with van der Waals surface area (Å²) in [5.41, 5.74) is 1.27. The normalized spacial score (nSPS) is 24.6. The summed E-state index contributed by atoms with van der Waals surface area (Å²) >= 11 is 0. The fraction of sp³-hybridized carbons (Fsp3) is 0.739. The zero-order chi connectivity index (χ0) is 21.8. The van der Waals surface area contributed by atoms with Gasteiger partial charge in [0.25, 0.3) is 0 Å². The van der Waals surface area contributed by atoms with Gasteiger partial charge in [0.2, 0.25) is 0 Å². The van der Waals surface area contributed by atoms with Crippen LogP contribution in [0.1, 0.15) is 44.1 Å². The standard InChI is InChI=1S/C23H35N3O4S/c1-31(28,29)17-20(27)16-19-4-2-18(3-5-19)7-10-25-11-13-26(14-12-25)23-21-8-15-30-22(21)6-9-24-23/h6,9,18-19H,2-5,7-8,10-17H2,1H3. The smallest absolute Gasteiger partial charge is 0.154 e. The lowest BCUT2D eigenvalue weighted by atomic mass is 9.78. The third-order valence-corrected chi connectivity index (χ3v) is 7.88. The maximum atomic E-state index is 11.9. The van der Waals surface area contributed by atoms with Gasteiger partial charge in [-0.2, -0.15) is 0 Å². The number of ketones is 1. The quantitative estimate of drug-likeness (QED) is 0.603. The fourth-order valence-electron chi connectivity index (χ4n) is 5.32. The van der Waals surface area contributed by atoms with E-state index in [9.17, 15) is 13.2 Å². The van der Waals surface area contributed by atoms with Gasteiger partial charge in [0.1, 0.15) is 23.1 Å². The average Bonchev–Trinajstić information content (AvgIpc) is 3.21. The van der Waals surface area contributed by atoms with Crippen molar-refractivity contribution in [2.24, 2.45) is 11.8 Å². The molecule has 0 N–H and O–H groups in total. The molecule has 1 saturated carbocycles. The van der Waals surface area contributed by atoms with Crippen LogP contribution < -0.4 is 9.64 Å². The molecule has 0 amide bonds. The number of Topliss-reactive ketones (excluding diaryl/α,β-unsaturated/α-hetero) is 1. The van der Waals surface area contributed by atoms with E-state index < -0.39 is 9.84 Å². The van der Waals surface area contributed by atoms with Crippen LogP contribution >= 0.6 is 0 Å². The lowest BCUT2D eigenvalue weighted by Gasteiger charge is -2.37. The van der Waals surface area contributed by atoms with Crippen LogP contribution in [0.15, 0.2) is 12.3 Å². The molecule has 172 valence electrons. The second-order valence-corrected chi connectivity index (χ2v) is 11.7. The molecule has 0 unspecified atom stereocenters. The van der Waals surface area contributed by atoms with Gasteiger partial charge >= 0.3 is 0 Å². The zero-order valence-electron chi connectivity index (χ0n) is 18.6. The molecule has 8 heteroatoms. The van der Waals surface area contributed by atoms with Crippen molar-refractivity contribution in [3.63, 3.8) is 0 Å². The molecule has 7 nitrogen and oxygen atoms in total. The third kappa shape index (κ3) is 6.19. The maximum absolute atomic E-state index is 11.9. The summed E-state index contributed by atoms with van der Waals surface area (Å²) in [7, 11) is -3.20. The van der Waals surface area contributed by atoms with Crippen LogP contribution in [0.25, 0.3) is 0 Å². The maximum Gasteiger partial charge on any atom is 0.154 e. The number of pyridine rings is 1. The highest BCUT2D eigenvalue weighted by Crippen LogP contribution is 2.34. The Kier molecular flexibility index (Phi) is 7.16. The Bertz CT molecular complexity index is 873. The molecule has 3 aliphatic rings. The SMILES string of the molecule is CS(=O)(=O)CC(=O)CC1CCC(CCN2CCN(c3nccc4c3CCO4)CC2)CC1. The zero-order valence-corrected chi connectivity index (χ0v) is 19.4. The first-order valence-corrected chi connectivity index (χ1v) is 13.7. The molecule has 4 rings (SSSR count). The Balaban J connectivity index is 1.15. The molecule has 1 saturated heterocycles. The largest absolute Gasteiger partial charge is 0.493 e. The summed E-state index contributed by atoms with van der Waals surface area (Å²) < 4.78 is 28.3. The number of carbonyl (C=O) groups is 1. The molecule has 31 heavy (non-hydrogen) atoms. The molecule has 1 aliphatic carbocycles. The number of aromatic nitrogens is 1. The Labute approximate surface area is 186 Å². The van der Waals surface area contributed by atoms with E-state index >= 15 is 0 Å². The summed E-state index contributed by atoms with van der Waals surface area (Å²) in [5, 5.41) is 0. The van der Waals surface area contributed by atoms with Crippen molar-refractivity contribution >= 4 is 21.4 Å². The molecule has 2 fully saturated rings. The number of anilines is 1. The molecule has 0 radical (unpaired) electrons. The Morgan fingerprint density at radius 1 is 1.13 bits per heavy atom. The van der Waals surface area contributed by atoms with E-state index in [1.54, 1.807) is 0 Å². The second kappa shape index (κ2) is 9.86. The van der Waals surface area contributed by atoms with Crippen molar-refractivity contribution in [1.29, 1.82) is 0 Å². The topological polar surface area (TPSA) is 79.8 Å². The van der Waals surface area contributed by atoms with Gasteiger partial charge in [-0.3, -0.25) is 9.69 Å². The molecule has 0 spiro atoms. The van der Waals surface area contributed by atoms with Crippen molar-refractivity contribution in [1.82, 2.24) is 9.88 Å². The van der Waals surface area contributed by atoms with E-state index in [1.807, 2.05) is 12.3 Å². The first-order chi connectivity index (χ1) is 14.9. The molecular weight excluding hydrogens is 414 g/mol. The molecule has 3 heterocycles. The Morgan fingerprint density at radius 2 is 1.84 bits per heavy atom. The minimum absolute atomic E-state index is 0.117. The van der Waals surface area contributed by atoms with Crippen LogP contribution in [0.2, 0.25) is 0 Å². The van der Waals surface area contributed by atoms with Crippen molar-refractivity contribution in [2.75, 3.05) is 56.2 Å². The van der Waals surface area contributed by atoms with Gasteiger partial charge in [0.05, 0.1) is 6.61 Å². The fourth-order valence-corrected chi connectivity index (χ4v) is 6.02. The van der Waals surface area contributed by atoms with E-state index in [4.69, 9.17) is 4.74 Å². The van der Waals surface area contributed by atoms with Crippen molar-refractivity contribution in [2.45, 2.75) is 44.9 Å². The summed E-state index contributed by atoms with van der Waals surface area (Å²) in [6.45, 7) is 6.07. The van der Waals surface area contributed by atoms with E-state index in [-0.39, 0.29) is 11.5 Å². The van der Waals surface area contributed by atoms with Gasteiger partial charge < -0.3 is 9.64 Å². The minimum Gasteiger partial charge on any atom is -0.493 e. The predicted molar refractivity (Wildman–Crippen MR) is 121 cm³/mol. The monoisotopic (exact) mass is 449 g/mol. The highest BCUT2D eigenvalue weighted by Gasteiger charge is 2.27. The second-order valence-electron chi connectivity index (χ2n) is 9.53. The number of rotatable bonds is 8. The number of hydrogen-bond acceptors (Lipinski definition) is 7. The van der Waals surface area contributed by atoms with E-state index in [2.05, 4.69) is 14.8 Å². The first kappa shape index (κ1) is 22.5. The number of piperazine rings is 1. The van der Waals surface area contributed by atoms with Gasteiger partial charge in [-0.05, 0) is 43.7 Å².